The van der Waals surface area contributed by atoms with Crippen molar-refractivity contribution in [3.8, 4) is 0 Å². The van der Waals surface area contributed by atoms with Crippen molar-refractivity contribution >= 4 is 23.2 Å². The van der Waals surface area contributed by atoms with Gasteiger partial charge in [0.05, 0.1) is 19.7 Å². The van der Waals surface area contributed by atoms with Gasteiger partial charge in [0, 0.05) is 12.2 Å². The minimum absolute atomic E-state index is 0.0225. The maximum atomic E-state index is 11.5. The number of amides is 1. The third-order valence-corrected chi connectivity index (χ3v) is 3.49. The number of carbonyl (C=O) groups is 1. The average Bonchev–Trinajstić information content (AvgIpc) is 2.71. The standard InChI is InChI=1S/C12H21N3O3S/c1-10(2)7-18-8-11(17)13-3-5-15(9-16)6-4-14-12(15)19/h16H,1,3-9H2,2H3,(H-,13,14,17,19)/p+1. The van der Waals surface area contributed by atoms with E-state index in [-0.39, 0.29) is 19.2 Å². The van der Waals surface area contributed by atoms with Crippen LogP contribution in [-0.2, 0) is 9.53 Å². The maximum absolute atomic E-state index is 11.5. The van der Waals surface area contributed by atoms with Crippen LogP contribution < -0.4 is 10.6 Å². The summed E-state index contributed by atoms with van der Waals surface area (Å²) in [5.41, 5.74) is 0.881. The van der Waals surface area contributed by atoms with Crippen LogP contribution in [0.5, 0.6) is 0 Å². The van der Waals surface area contributed by atoms with Gasteiger partial charge in [-0.05, 0) is 6.92 Å². The van der Waals surface area contributed by atoms with E-state index in [1.54, 1.807) is 0 Å². The summed E-state index contributed by atoms with van der Waals surface area (Å²) in [4.78, 5) is 11.5. The number of carbonyl (C=O) groups excluding carboxylic acids is 1. The van der Waals surface area contributed by atoms with Gasteiger partial charge in [0.2, 0.25) is 5.91 Å². The number of hydrogen-bond acceptors (Lipinski definition) is 4. The molecule has 1 unspecified atom stereocenters. The Morgan fingerprint density at radius 2 is 2.37 bits per heavy atom. The van der Waals surface area contributed by atoms with E-state index in [9.17, 15) is 9.90 Å². The van der Waals surface area contributed by atoms with Crippen molar-refractivity contribution in [2.45, 2.75) is 6.92 Å². The lowest BCUT2D eigenvalue weighted by atomic mass is 10.4. The predicted octanol–water partition coefficient (Wildman–Crippen LogP) is -0.650. The number of aliphatic hydroxyl groups is 1. The molecule has 1 amide bonds. The molecule has 1 saturated heterocycles. The molecular formula is C12H22N3O3S+. The van der Waals surface area contributed by atoms with Gasteiger partial charge in [0.25, 0.3) is 5.11 Å². The van der Waals surface area contributed by atoms with E-state index in [2.05, 4.69) is 17.2 Å². The van der Waals surface area contributed by atoms with Crippen LogP contribution in [0.1, 0.15) is 6.92 Å². The normalized spacial score (nSPS) is 22.1. The number of nitrogens with zero attached hydrogens (tertiary/aromatic N) is 1. The third-order valence-electron chi connectivity index (χ3n) is 2.96. The second-order valence-corrected chi connectivity index (χ2v) is 5.15. The van der Waals surface area contributed by atoms with Crippen LogP contribution in [0.4, 0.5) is 0 Å². The average molecular weight is 288 g/mol. The Morgan fingerprint density at radius 1 is 1.63 bits per heavy atom. The van der Waals surface area contributed by atoms with Gasteiger partial charge in [-0.15, -0.1) is 0 Å². The first-order valence-corrected chi connectivity index (χ1v) is 6.65. The molecule has 1 aliphatic rings. The predicted molar refractivity (Wildman–Crippen MR) is 76.3 cm³/mol. The Bertz CT molecular complexity index is 362. The molecule has 0 aliphatic carbocycles. The lowest BCUT2D eigenvalue weighted by Gasteiger charge is -2.29. The van der Waals surface area contributed by atoms with E-state index in [1.807, 2.05) is 6.92 Å². The number of ether oxygens (including phenoxy) is 1. The number of rotatable bonds is 8. The topological polar surface area (TPSA) is 70.6 Å². The first kappa shape index (κ1) is 16.0. The molecule has 0 aromatic carbocycles. The van der Waals surface area contributed by atoms with Gasteiger partial charge >= 0.3 is 0 Å². The molecule has 1 aliphatic heterocycles. The molecule has 0 aromatic rings. The van der Waals surface area contributed by atoms with Gasteiger partial charge in [-0.25, -0.2) is 4.48 Å². The Kier molecular flexibility index (Phi) is 6.36. The highest BCUT2D eigenvalue weighted by Crippen LogP contribution is 2.10. The van der Waals surface area contributed by atoms with E-state index in [0.717, 1.165) is 18.7 Å². The summed E-state index contributed by atoms with van der Waals surface area (Å²) in [6.45, 7) is 8.43. The van der Waals surface area contributed by atoms with Gasteiger partial charge in [0.15, 0.2) is 6.73 Å². The van der Waals surface area contributed by atoms with Gasteiger partial charge in [-0.2, -0.15) is 0 Å². The minimum Gasteiger partial charge on any atom is -0.367 e. The Balaban J connectivity index is 2.23. The fourth-order valence-electron chi connectivity index (χ4n) is 1.84. The quantitative estimate of drug-likeness (QED) is 0.315. The van der Waals surface area contributed by atoms with E-state index < -0.39 is 0 Å². The van der Waals surface area contributed by atoms with Crippen molar-refractivity contribution in [2.75, 3.05) is 46.1 Å². The largest absolute Gasteiger partial charge is 0.367 e. The summed E-state index contributed by atoms with van der Waals surface area (Å²) < 4.78 is 5.47. The van der Waals surface area contributed by atoms with E-state index in [1.165, 1.54) is 0 Å². The van der Waals surface area contributed by atoms with E-state index >= 15 is 0 Å². The Labute approximate surface area is 119 Å². The third kappa shape index (κ3) is 4.87. The summed E-state index contributed by atoms with van der Waals surface area (Å²) in [5, 5.41) is 15.9. The van der Waals surface area contributed by atoms with Gasteiger partial charge < -0.3 is 20.5 Å². The number of nitrogens with one attached hydrogen (secondary N) is 2. The molecule has 0 saturated carbocycles. The van der Waals surface area contributed by atoms with Crippen LogP contribution >= 0.6 is 12.2 Å². The van der Waals surface area contributed by atoms with Crippen molar-refractivity contribution in [1.29, 1.82) is 0 Å². The van der Waals surface area contributed by atoms with Crippen LogP contribution in [0, 0.1) is 0 Å². The number of aliphatic hydroxyl groups excluding tert-OH is 1. The first-order valence-electron chi connectivity index (χ1n) is 6.24. The fourth-order valence-corrected chi connectivity index (χ4v) is 2.19. The van der Waals surface area contributed by atoms with Crippen molar-refractivity contribution in [3.05, 3.63) is 12.2 Å². The fraction of sp³-hybridized carbons (Fsp3) is 0.667. The van der Waals surface area contributed by atoms with Crippen LogP contribution in [0.2, 0.25) is 0 Å². The van der Waals surface area contributed by atoms with Crippen molar-refractivity contribution in [3.63, 3.8) is 0 Å². The zero-order chi connectivity index (χ0) is 14.3. The van der Waals surface area contributed by atoms with Gasteiger partial charge in [-0.1, -0.05) is 12.2 Å². The molecule has 1 atom stereocenters. The molecule has 0 spiro atoms. The molecule has 1 fully saturated rings. The molecule has 3 N–H and O–H groups in total. The molecule has 1 heterocycles. The van der Waals surface area contributed by atoms with Crippen LogP contribution in [-0.4, -0.2) is 66.7 Å². The lowest BCUT2D eigenvalue weighted by Crippen LogP contribution is -2.54. The van der Waals surface area contributed by atoms with E-state index in [4.69, 9.17) is 17.0 Å². The lowest BCUT2D eigenvalue weighted by molar-refractivity contribution is -0.851. The monoisotopic (exact) mass is 288 g/mol. The summed E-state index contributed by atoms with van der Waals surface area (Å²) in [6.07, 6.45) is 0. The highest BCUT2D eigenvalue weighted by molar-refractivity contribution is 7.79. The Morgan fingerprint density at radius 3 is 2.89 bits per heavy atom. The van der Waals surface area contributed by atoms with Crippen LogP contribution in [0.3, 0.4) is 0 Å². The molecule has 0 radical (unpaired) electrons. The van der Waals surface area contributed by atoms with Crippen molar-refractivity contribution < 1.29 is 19.1 Å². The summed E-state index contributed by atoms with van der Waals surface area (Å²) in [6, 6.07) is 0. The Hall–Kier alpha value is -1.02. The summed E-state index contributed by atoms with van der Waals surface area (Å²) in [7, 11) is 0. The van der Waals surface area contributed by atoms with Crippen LogP contribution in [0.25, 0.3) is 0 Å². The minimum atomic E-state index is -0.171. The zero-order valence-corrected chi connectivity index (χ0v) is 12.1. The number of thiocarbonyl (C=S) groups is 1. The number of quaternary nitrogens is 1. The number of hydrogen-bond donors (Lipinski definition) is 3. The molecule has 19 heavy (non-hydrogen) atoms. The first-order chi connectivity index (χ1) is 9.00. The van der Waals surface area contributed by atoms with Crippen molar-refractivity contribution in [1.82, 2.24) is 10.6 Å². The van der Waals surface area contributed by atoms with Crippen LogP contribution in [0.15, 0.2) is 12.2 Å². The molecule has 1 rings (SSSR count). The molecule has 0 aromatic heterocycles. The van der Waals surface area contributed by atoms with Crippen molar-refractivity contribution in [2.24, 2.45) is 0 Å². The second kappa shape index (κ2) is 7.54. The van der Waals surface area contributed by atoms with E-state index in [0.29, 0.717) is 29.3 Å². The molecule has 0 bridgehead atoms. The zero-order valence-electron chi connectivity index (χ0n) is 11.3. The second-order valence-electron chi connectivity index (χ2n) is 4.77. The highest BCUT2D eigenvalue weighted by atomic mass is 32.1. The SMILES string of the molecule is C=C(C)COCC(=O)NCC[N+]1(CO)CCNC1=S. The van der Waals surface area contributed by atoms with Gasteiger partial charge in [0.1, 0.15) is 19.7 Å². The summed E-state index contributed by atoms with van der Waals surface area (Å²) >= 11 is 5.18. The molecular weight excluding hydrogens is 266 g/mol. The highest BCUT2D eigenvalue weighted by Gasteiger charge is 2.37. The van der Waals surface area contributed by atoms with Gasteiger partial charge in [-0.3, -0.25) is 4.79 Å². The molecule has 6 nitrogen and oxygen atoms in total. The molecule has 108 valence electrons. The smallest absolute Gasteiger partial charge is 0.272 e. The summed E-state index contributed by atoms with van der Waals surface area (Å²) in [5.74, 6) is -0.171. The maximum Gasteiger partial charge on any atom is 0.272 e. The molecule has 7 heteroatoms.